The highest BCUT2D eigenvalue weighted by Gasteiger charge is 2.14. The van der Waals surface area contributed by atoms with Crippen LogP contribution in [0.15, 0.2) is 18.2 Å². The van der Waals surface area contributed by atoms with Crippen molar-refractivity contribution in [1.82, 2.24) is 5.32 Å². The smallest absolute Gasteiger partial charge is 0.170 e. The Bertz CT molecular complexity index is 499. The number of anilines is 1. The fourth-order valence-corrected chi connectivity index (χ4v) is 3.18. The monoisotopic (exact) mass is 306 g/mol. The van der Waals surface area contributed by atoms with Gasteiger partial charge < -0.3 is 20.1 Å². The maximum Gasteiger partial charge on any atom is 0.170 e. The number of rotatable bonds is 2. The van der Waals surface area contributed by atoms with Crippen LogP contribution >= 0.6 is 12.2 Å². The first-order valence-corrected chi connectivity index (χ1v) is 8.19. The van der Waals surface area contributed by atoms with Gasteiger partial charge >= 0.3 is 0 Å². The van der Waals surface area contributed by atoms with Gasteiger partial charge in [-0.05, 0) is 37.2 Å². The molecule has 0 unspecified atom stereocenters. The lowest BCUT2D eigenvalue weighted by Crippen LogP contribution is -2.37. The van der Waals surface area contributed by atoms with Crippen LogP contribution in [0.3, 0.4) is 0 Å². The fourth-order valence-electron chi connectivity index (χ4n) is 2.90. The third-order valence-electron chi connectivity index (χ3n) is 3.99. The van der Waals surface area contributed by atoms with Gasteiger partial charge in [-0.3, -0.25) is 0 Å². The summed E-state index contributed by atoms with van der Waals surface area (Å²) in [6.45, 7) is 1.21. The second-order valence-electron chi connectivity index (χ2n) is 5.65. The van der Waals surface area contributed by atoms with Crippen molar-refractivity contribution in [2.75, 3.05) is 18.5 Å². The molecule has 2 aliphatic rings. The molecule has 21 heavy (non-hydrogen) atoms. The van der Waals surface area contributed by atoms with Gasteiger partial charge in [0.05, 0.1) is 0 Å². The average Bonchev–Trinajstić information content (AvgIpc) is 2.75. The van der Waals surface area contributed by atoms with E-state index in [1.54, 1.807) is 0 Å². The van der Waals surface area contributed by atoms with Crippen LogP contribution in [-0.2, 0) is 0 Å². The molecule has 3 rings (SSSR count). The summed E-state index contributed by atoms with van der Waals surface area (Å²) in [6.07, 6.45) is 7.71. The summed E-state index contributed by atoms with van der Waals surface area (Å²) in [7, 11) is 0. The molecular formula is C16H22N2O2S. The topological polar surface area (TPSA) is 42.5 Å². The minimum Gasteiger partial charge on any atom is -0.486 e. The Hall–Kier alpha value is -1.49. The Labute approximate surface area is 131 Å². The number of benzene rings is 1. The quantitative estimate of drug-likeness (QED) is 0.647. The predicted molar refractivity (Wildman–Crippen MR) is 88.3 cm³/mol. The van der Waals surface area contributed by atoms with Crippen molar-refractivity contribution in [3.63, 3.8) is 0 Å². The molecule has 0 aromatic heterocycles. The van der Waals surface area contributed by atoms with Crippen LogP contribution in [0.25, 0.3) is 0 Å². The van der Waals surface area contributed by atoms with Crippen LogP contribution in [0.5, 0.6) is 11.5 Å². The lowest BCUT2D eigenvalue weighted by atomic mass is 10.1. The van der Waals surface area contributed by atoms with Gasteiger partial charge in [0.15, 0.2) is 16.6 Å². The Kier molecular flexibility index (Phi) is 4.80. The molecule has 1 aromatic carbocycles. The van der Waals surface area contributed by atoms with Crippen LogP contribution in [-0.4, -0.2) is 24.4 Å². The molecule has 2 N–H and O–H groups in total. The molecule has 0 atom stereocenters. The van der Waals surface area contributed by atoms with Crippen LogP contribution in [0.1, 0.15) is 38.5 Å². The van der Waals surface area contributed by atoms with E-state index in [0.29, 0.717) is 24.4 Å². The van der Waals surface area contributed by atoms with Gasteiger partial charge in [0.25, 0.3) is 0 Å². The van der Waals surface area contributed by atoms with E-state index < -0.39 is 0 Å². The molecule has 5 heteroatoms. The molecular weight excluding hydrogens is 284 g/mol. The van der Waals surface area contributed by atoms with Gasteiger partial charge in [-0.1, -0.05) is 25.7 Å². The first-order valence-electron chi connectivity index (χ1n) is 7.78. The highest BCUT2D eigenvalue weighted by molar-refractivity contribution is 7.80. The molecule has 1 aliphatic heterocycles. The number of fused-ring (bicyclic) bond motifs is 1. The summed E-state index contributed by atoms with van der Waals surface area (Å²) in [6, 6.07) is 6.33. The summed E-state index contributed by atoms with van der Waals surface area (Å²) < 4.78 is 11.1. The van der Waals surface area contributed by atoms with E-state index in [1.165, 1.54) is 38.5 Å². The molecule has 1 fully saturated rings. The minimum atomic E-state index is 0.504. The molecule has 4 nitrogen and oxygen atoms in total. The molecule has 0 spiro atoms. The zero-order valence-electron chi connectivity index (χ0n) is 12.2. The van der Waals surface area contributed by atoms with Gasteiger partial charge in [-0.25, -0.2) is 0 Å². The zero-order valence-corrected chi connectivity index (χ0v) is 13.0. The molecule has 0 amide bonds. The number of hydrogen-bond donors (Lipinski definition) is 2. The molecule has 1 aromatic rings. The third kappa shape index (κ3) is 4.00. The van der Waals surface area contributed by atoms with Gasteiger partial charge in [0.1, 0.15) is 13.2 Å². The summed E-state index contributed by atoms with van der Waals surface area (Å²) in [4.78, 5) is 0. The molecule has 0 radical (unpaired) electrons. The second kappa shape index (κ2) is 6.98. The fraction of sp³-hybridized carbons (Fsp3) is 0.562. The highest BCUT2D eigenvalue weighted by Crippen LogP contribution is 2.32. The predicted octanol–water partition coefficient (Wildman–Crippen LogP) is 3.47. The van der Waals surface area contributed by atoms with Crippen molar-refractivity contribution in [2.24, 2.45) is 0 Å². The van der Waals surface area contributed by atoms with Crippen LogP contribution in [0, 0.1) is 0 Å². The SMILES string of the molecule is S=C(Nc1ccc2c(c1)OCCO2)NC1CCCCCC1. The Morgan fingerprint density at radius 2 is 1.71 bits per heavy atom. The van der Waals surface area contributed by atoms with Crippen molar-refractivity contribution < 1.29 is 9.47 Å². The molecule has 1 heterocycles. The summed E-state index contributed by atoms with van der Waals surface area (Å²) in [5.41, 5.74) is 0.936. The first-order chi connectivity index (χ1) is 10.3. The molecule has 114 valence electrons. The van der Waals surface area contributed by atoms with Crippen LogP contribution < -0.4 is 20.1 Å². The molecule has 1 saturated carbocycles. The van der Waals surface area contributed by atoms with Crippen molar-refractivity contribution >= 4 is 23.0 Å². The lowest BCUT2D eigenvalue weighted by Gasteiger charge is -2.21. The second-order valence-corrected chi connectivity index (χ2v) is 6.05. The third-order valence-corrected chi connectivity index (χ3v) is 4.21. The minimum absolute atomic E-state index is 0.504. The lowest BCUT2D eigenvalue weighted by molar-refractivity contribution is 0.171. The normalized spacial score (nSPS) is 18.7. The largest absolute Gasteiger partial charge is 0.486 e. The Morgan fingerprint density at radius 3 is 2.48 bits per heavy atom. The van der Waals surface area contributed by atoms with E-state index in [-0.39, 0.29) is 0 Å². The van der Waals surface area contributed by atoms with Crippen molar-refractivity contribution in [3.8, 4) is 11.5 Å². The molecule has 1 aliphatic carbocycles. The zero-order chi connectivity index (χ0) is 14.5. The standard InChI is InChI=1S/C16H22N2O2S/c21-16(17-12-5-3-1-2-4-6-12)18-13-7-8-14-15(11-13)20-10-9-19-14/h7-8,11-12H,1-6,9-10H2,(H2,17,18,21). The van der Waals surface area contributed by atoms with Gasteiger partial charge in [-0.15, -0.1) is 0 Å². The molecule has 0 bridgehead atoms. The summed E-state index contributed by atoms with van der Waals surface area (Å²) in [5.74, 6) is 1.58. The van der Waals surface area contributed by atoms with E-state index in [2.05, 4.69) is 10.6 Å². The Balaban J connectivity index is 1.56. The van der Waals surface area contributed by atoms with Crippen LogP contribution in [0.4, 0.5) is 5.69 Å². The van der Waals surface area contributed by atoms with Crippen molar-refractivity contribution in [2.45, 2.75) is 44.6 Å². The van der Waals surface area contributed by atoms with E-state index in [9.17, 15) is 0 Å². The van der Waals surface area contributed by atoms with E-state index >= 15 is 0 Å². The van der Waals surface area contributed by atoms with E-state index in [4.69, 9.17) is 21.7 Å². The van der Waals surface area contributed by atoms with E-state index in [1.807, 2.05) is 18.2 Å². The highest BCUT2D eigenvalue weighted by atomic mass is 32.1. The number of hydrogen-bond acceptors (Lipinski definition) is 3. The maximum atomic E-state index is 5.58. The number of thiocarbonyl (C=S) groups is 1. The summed E-state index contributed by atoms with van der Waals surface area (Å²) >= 11 is 5.42. The van der Waals surface area contributed by atoms with Crippen LogP contribution in [0.2, 0.25) is 0 Å². The average molecular weight is 306 g/mol. The van der Waals surface area contributed by atoms with E-state index in [0.717, 1.165) is 17.2 Å². The summed E-state index contributed by atoms with van der Waals surface area (Å²) in [5, 5.41) is 7.37. The van der Waals surface area contributed by atoms with Gasteiger partial charge in [0, 0.05) is 17.8 Å². The first kappa shape index (κ1) is 14.4. The van der Waals surface area contributed by atoms with Crippen molar-refractivity contribution in [1.29, 1.82) is 0 Å². The van der Waals surface area contributed by atoms with Gasteiger partial charge in [-0.2, -0.15) is 0 Å². The molecule has 0 saturated heterocycles. The van der Waals surface area contributed by atoms with Crippen molar-refractivity contribution in [3.05, 3.63) is 18.2 Å². The maximum absolute atomic E-state index is 5.58. The number of ether oxygens (including phenoxy) is 2. The number of nitrogens with one attached hydrogen (secondary N) is 2. The Morgan fingerprint density at radius 1 is 1.00 bits per heavy atom. The van der Waals surface area contributed by atoms with Gasteiger partial charge in [0.2, 0.25) is 0 Å².